The molecular formula is C10H16N4O. The summed E-state index contributed by atoms with van der Waals surface area (Å²) in [4.78, 5) is 12.0. The van der Waals surface area contributed by atoms with Crippen molar-refractivity contribution in [2.45, 2.75) is 31.7 Å². The van der Waals surface area contributed by atoms with E-state index in [1.54, 1.807) is 17.9 Å². The Hall–Kier alpha value is -1.23. The van der Waals surface area contributed by atoms with Gasteiger partial charge in [0.05, 0.1) is 6.20 Å². The lowest BCUT2D eigenvalue weighted by atomic mass is 9.81. The lowest BCUT2D eigenvalue weighted by Gasteiger charge is -2.26. The summed E-state index contributed by atoms with van der Waals surface area (Å²) in [5.41, 5.74) is 6.39. The van der Waals surface area contributed by atoms with E-state index < -0.39 is 0 Å². The number of nitrogens with two attached hydrogens (primary N) is 1. The van der Waals surface area contributed by atoms with Crippen LogP contribution in [0.4, 0.5) is 0 Å². The Morgan fingerprint density at radius 3 is 2.87 bits per heavy atom. The molecule has 5 heteroatoms. The largest absolute Gasteiger partial charge is 0.327 e. The second-order valence-electron chi connectivity index (χ2n) is 4.20. The Morgan fingerprint density at radius 1 is 1.53 bits per heavy atom. The molecule has 2 rings (SSSR count). The number of carbonyl (C=O) groups excluding carboxylic acids is 1. The number of rotatable bonds is 2. The minimum absolute atomic E-state index is 0.00624. The number of ketones is 1. The van der Waals surface area contributed by atoms with Crippen LogP contribution in [0.25, 0.3) is 0 Å². The predicted octanol–water partition coefficient (Wildman–Crippen LogP) is 0.515. The van der Waals surface area contributed by atoms with Crippen molar-refractivity contribution in [1.82, 2.24) is 15.0 Å². The second kappa shape index (κ2) is 4.10. The first-order valence-electron chi connectivity index (χ1n) is 5.34. The van der Waals surface area contributed by atoms with Crippen LogP contribution in [0, 0.1) is 5.92 Å². The van der Waals surface area contributed by atoms with Gasteiger partial charge in [0.1, 0.15) is 5.69 Å². The Morgan fingerprint density at radius 2 is 2.27 bits per heavy atom. The molecule has 5 nitrogen and oxygen atoms in total. The van der Waals surface area contributed by atoms with Crippen molar-refractivity contribution in [2.24, 2.45) is 18.7 Å². The van der Waals surface area contributed by atoms with Crippen molar-refractivity contribution >= 4 is 5.78 Å². The van der Waals surface area contributed by atoms with Crippen molar-refractivity contribution in [2.75, 3.05) is 0 Å². The van der Waals surface area contributed by atoms with E-state index in [0.717, 1.165) is 25.7 Å². The van der Waals surface area contributed by atoms with Crippen molar-refractivity contribution in [3.63, 3.8) is 0 Å². The molecule has 0 spiro atoms. The van der Waals surface area contributed by atoms with Gasteiger partial charge < -0.3 is 5.73 Å². The fraction of sp³-hybridized carbons (Fsp3) is 0.700. The van der Waals surface area contributed by atoms with E-state index in [0.29, 0.717) is 5.69 Å². The molecule has 0 aromatic carbocycles. The monoisotopic (exact) mass is 208 g/mol. The zero-order valence-corrected chi connectivity index (χ0v) is 8.89. The van der Waals surface area contributed by atoms with Crippen LogP contribution in [0.15, 0.2) is 6.20 Å². The van der Waals surface area contributed by atoms with Crippen LogP contribution in [-0.4, -0.2) is 26.8 Å². The van der Waals surface area contributed by atoms with Crippen molar-refractivity contribution < 1.29 is 4.79 Å². The van der Waals surface area contributed by atoms with Gasteiger partial charge >= 0.3 is 0 Å². The molecule has 1 saturated carbocycles. The lowest BCUT2D eigenvalue weighted by molar-refractivity contribution is 0.0865. The molecule has 1 fully saturated rings. The quantitative estimate of drug-likeness (QED) is 0.719. The third-order valence-corrected chi connectivity index (χ3v) is 3.01. The average Bonchev–Trinajstić information content (AvgIpc) is 2.65. The van der Waals surface area contributed by atoms with Crippen LogP contribution in [0.1, 0.15) is 36.2 Å². The molecule has 1 aromatic heterocycles. The summed E-state index contributed by atoms with van der Waals surface area (Å²) in [5.74, 6) is -0.00856. The molecule has 0 radical (unpaired) electrons. The zero-order chi connectivity index (χ0) is 10.8. The van der Waals surface area contributed by atoms with Gasteiger partial charge in [0, 0.05) is 19.0 Å². The van der Waals surface area contributed by atoms with E-state index in [2.05, 4.69) is 10.3 Å². The SMILES string of the molecule is Cn1cc(C(=O)C2CCCCC2N)nn1. The summed E-state index contributed by atoms with van der Waals surface area (Å²) in [7, 11) is 1.75. The standard InChI is InChI=1S/C10H16N4O/c1-14-6-9(12-13-14)10(15)7-4-2-3-5-8(7)11/h6-8H,2-5,11H2,1H3. The third-order valence-electron chi connectivity index (χ3n) is 3.01. The molecule has 82 valence electrons. The number of carbonyl (C=O) groups is 1. The topological polar surface area (TPSA) is 73.8 Å². The van der Waals surface area contributed by atoms with Crippen LogP contribution in [0.2, 0.25) is 0 Å². The predicted molar refractivity (Wildman–Crippen MR) is 55.3 cm³/mol. The summed E-state index contributed by atoms with van der Waals surface area (Å²) >= 11 is 0. The highest BCUT2D eigenvalue weighted by atomic mass is 16.1. The number of aryl methyl sites for hydroxylation is 1. The number of Topliss-reactive ketones (excluding diaryl/α,β-unsaturated/α-hetero) is 1. The fourth-order valence-corrected chi connectivity index (χ4v) is 2.14. The lowest BCUT2D eigenvalue weighted by Crippen LogP contribution is -2.38. The van der Waals surface area contributed by atoms with Gasteiger partial charge in [-0.15, -0.1) is 5.10 Å². The van der Waals surface area contributed by atoms with Gasteiger partial charge in [-0.2, -0.15) is 0 Å². The second-order valence-corrected chi connectivity index (χ2v) is 4.20. The van der Waals surface area contributed by atoms with Gasteiger partial charge in [-0.3, -0.25) is 9.48 Å². The van der Waals surface area contributed by atoms with E-state index in [1.165, 1.54) is 0 Å². The number of hydrogen-bond donors (Lipinski definition) is 1. The minimum atomic E-state index is -0.0598. The van der Waals surface area contributed by atoms with Crippen molar-refractivity contribution in [3.8, 4) is 0 Å². The maximum absolute atomic E-state index is 12.0. The van der Waals surface area contributed by atoms with Gasteiger partial charge in [0.25, 0.3) is 0 Å². The first-order valence-corrected chi connectivity index (χ1v) is 5.34. The molecule has 0 amide bonds. The number of hydrogen-bond acceptors (Lipinski definition) is 4. The summed E-state index contributed by atoms with van der Waals surface area (Å²) in [6, 6.07) is -0.00624. The maximum Gasteiger partial charge on any atom is 0.189 e. The average molecular weight is 208 g/mol. The van der Waals surface area contributed by atoms with Crippen LogP contribution in [-0.2, 0) is 7.05 Å². The molecule has 15 heavy (non-hydrogen) atoms. The normalized spacial score (nSPS) is 26.5. The molecule has 1 aromatic rings. The third kappa shape index (κ3) is 2.07. The van der Waals surface area contributed by atoms with Gasteiger partial charge in [-0.1, -0.05) is 18.1 Å². The van der Waals surface area contributed by atoms with Gasteiger partial charge in [0.2, 0.25) is 0 Å². The van der Waals surface area contributed by atoms with E-state index in [4.69, 9.17) is 5.73 Å². The Balaban J connectivity index is 2.13. The summed E-state index contributed by atoms with van der Waals surface area (Å²) in [5, 5.41) is 7.60. The summed E-state index contributed by atoms with van der Waals surface area (Å²) < 4.78 is 1.54. The molecule has 0 saturated heterocycles. The van der Waals surface area contributed by atoms with Crippen LogP contribution in [0.3, 0.4) is 0 Å². The number of aromatic nitrogens is 3. The number of nitrogens with zero attached hydrogens (tertiary/aromatic N) is 3. The van der Waals surface area contributed by atoms with E-state index in [9.17, 15) is 4.79 Å². The van der Waals surface area contributed by atoms with Gasteiger partial charge in [-0.25, -0.2) is 0 Å². The maximum atomic E-state index is 12.0. The first-order chi connectivity index (χ1) is 7.18. The van der Waals surface area contributed by atoms with Crippen molar-refractivity contribution in [1.29, 1.82) is 0 Å². The zero-order valence-electron chi connectivity index (χ0n) is 8.89. The Bertz CT molecular complexity index is 360. The van der Waals surface area contributed by atoms with Crippen LogP contribution in [0.5, 0.6) is 0 Å². The summed E-state index contributed by atoms with van der Waals surface area (Å²) in [6.45, 7) is 0. The molecule has 2 N–H and O–H groups in total. The molecule has 1 aliphatic rings. The van der Waals surface area contributed by atoms with Crippen molar-refractivity contribution in [3.05, 3.63) is 11.9 Å². The minimum Gasteiger partial charge on any atom is -0.327 e. The van der Waals surface area contributed by atoms with E-state index >= 15 is 0 Å². The first kappa shape index (κ1) is 10.3. The molecule has 2 atom stereocenters. The summed E-state index contributed by atoms with van der Waals surface area (Å²) in [6.07, 6.45) is 5.70. The Kier molecular flexibility index (Phi) is 2.81. The molecule has 1 aliphatic carbocycles. The highest BCUT2D eigenvalue weighted by Crippen LogP contribution is 2.25. The van der Waals surface area contributed by atoms with E-state index in [1.807, 2.05) is 0 Å². The molecule has 0 aliphatic heterocycles. The molecule has 0 bridgehead atoms. The highest BCUT2D eigenvalue weighted by Gasteiger charge is 2.30. The highest BCUT2D eigenvalue weighted by molar-refractivity contribution is 5.96. The van der Waals surface area contributed by atoms with E-state index in [-0.39, 0.29) is 17.7 Å². The molecule has 1 heterocycles. The smallest absolute Gasteiger partial charge is 0.189 e. The van der Waals surface area contributed by atoms with Crippen LogP contribution < -0.4 is 5.73 Å². The van der Waals surface area contributed by atoms with Gasteiger partial charge in [0.15, 0.2) is 5.78 Å². The fourth-order valence-electron chi connectivity index (χ4n) is 2.14. The van der Waals surface area contributed by atoms with Crippen LogP contribution >= 0.6 is 0 Å². The Labute approximate surface area is 88.6 Å². The molecular weight excluding hydrogens is 192 g/mol. The van der Waals surface area contributed by atoms with Gasteiger partial charge in [-0.05, 0) is 12.8 Å². The molecule has 2 unspecified atom stereocenters.